The average Bonchev–Trinajstić information content (AvgIpc) is 2.54. The molecule has 0 unspecified atom stereocenters. The Morgan fingerprint density at radius 3 is 2.60 bits per heavy atom. The molecule has 0 bridgehead atoms. The van der Waals surface area contributed by atoms with Crippen LogP contribution in [-0.4, -0.2) is 30.7 Å². The molecule has 82 valence electrons. The lowest BCUT2D eigenvalue weighted by Crippen LogP contribution is -2.25. The van der Waals surface area contributed by atoms with Crippen LogP contribution in [0.15, 0.2) is 4.52 Å². The number of amides is 1. The van der Waals surface area contributed by atoms with Gasteiger partial charge in [0.05, 0.1) is 5.69 Å². The van der Waals surface area contributed by atoms with E-state index in [2.05, 4.69) is 10.5 Å². The number of esters is 1. The van der Waals surface area contributed by atoms with Crippen molar-refractivity contribution in [2.75, 3.05) is 13.7 Å². The van der Waals surface area contributed by atoms with Crippen molar-refractivity contribution in [3.8, 4) is 0 Å². The summed E-state index contributed by atoms with van der Waals surface area (Å²) in [4.78, 5) is 22.3. The molecule has 1 amide bonds. The van der Waals surface area contributed by atoms with Gasteiger partial charge in [-0.25, -0.2) is 4.79 Å². The molecular formula is C9H12N2O4. The summed E-state index contributed by atoms with van der Waals surface area (Å²) in [6, 6.07) is 0. The van der Waals surface area contributed by atoms with E-state index in [0.29, 0.717) is 11.5 Å². The lowest BCUT2D eigenvalue weighted by molar-refractivity contribution is -0.123. The number of aryl methyl sites for hydroxylation is 2. The number of nitrogens with one attached hydrogen (secondary N) is 1. The van der Waals surface area contributed by atoms with Gasteiger partial charge in [0.15, 0.2) is 6.61 Å². The van der Waals surface area contributed by atoms with Crippen LogP contribution < -0.4 is 5.32 Å². The van der Waals surface area contributed by atoms with Gasteiger partial charge in [0.1, 0.15) is 11.3 Å². The topological polar surface area (TPSA) is 81.4 Å². The van der Waals surface area contributed by atoms with Gasteiger partial charge in [-0.1, -0.05) is 5.16 Å². The number of ether oxygens (including phenoxy) is 1. The van der Waals surface area contributed by atoms with E-state index in [0.717, 1.165) is 0 Å². The maximum atomic E-state index is 11.5. The first-order chi connectivity index (χ1) is 7.06. The molecule has 1 heterocycles. The first-order valence-corrected chi connectivity index (χ1v) is 4.36. The van der Waals surface area contributed by atoms with Gasteiger partial charge in [0, 0.05) is 7.05 Å². The van der Waals surface area contributed by atoms with E-state index < -0.39 is 5.97 Å². The molecule has 6 nitrogen and oxygen atoms in total. The van der Waals surface area contributed by atoms with E-state index in [1.54, 1.807) is 13.8 Å². The number of nitrogens with zero attached hydrogens (tertiary/aromatic N) is 1. The van der Waals surface area contributed by atoms with E-state index in [4.69, 9.17) is 9.26 Å². The third-order valence-corrected chi connectivity index (χ3v) is 1.85. The van der Waals surface area contributed by atoms with Crippen molar-refractivity contribution in [1.29, 1.82) is 0 Å². The van der Waals surface area contributed by atoms with Crippen LogP contribution in [0.3, 0.4) is 0 Å². The van der Waals surface area contributed by atoms with Gasteiger partial charge in [-0.3, -0.25) is 4.79 Å². The third-order valence-electron chi connectivity index (χ3n) is 1.85. The van der Waals surface area contributed by atoms with Crippen molar-refractivity contribution >= 4 is 11.9 Å². The number of carbonyl (C=O) groups is 2. The van der Waals surface area contributed by atoms with Gasteiger partial charge in [-0.05, 0) is 13.8 Å². The highest BCUT2D eigenvalue weighted by Crippen LogP contribution is 2.13. The molecule has 0 spiro atoms. The van der Waals surface area contributed by atoms with E-state index in [1.165, 1.54) is 7.05 Å². The van der Waals surface area contributed by atoms with Gasteiger partial charge < -0.3 is 14.6 Å². The summed E-state index contributed by atoms with van der Waals surface area (Å²) in [7, 11) is 1.46. The van der Waals surface area contributed by atoms with E-state index >= 15 is 0 Å². The Hall–Kier alpha value is -1.85. The molecule has 1 aromatic rings. The molecule has 0 radical (unpaired) electrons. The Labute approximate surface area is 86.6 Å². The smallest absolute Gasteiger partial charge is 0.344 e. The molecular weight excluding hydrogens is 200 g/mol. The second-order valence-corrected chi connectivity index (χ2v) is 2.95. The van der Waals surface area contributed by atoms with Gasteiger partial charge in [-0.15, -0.1) is 0 Å². The highest BCUT2D eigenvalue weighted by atomic mass is 16.5. The van der Waals surface area contributed by atoms with Crippen LogP contribution in [0.25, 0.3) is 0 Å². The monoisotopic (exact) mass is 212 g/mol. The molecule has 0 atom stereocenters. The molecule has 0 saturated heterocycles. The standard InChI is InChI=1S/C9H12N2O4/c1-5-8(6(2)15-11-5)9(13)14-4-7(12)10-3/h4H2,1-3H3,(H,10,12). The number of hydrogen-bond acceptors (Lipinski definition) is 5. The summed E-state index contributed by atoms with van der Waals surface area (Å²) in [5, 5.41) is 5.95. The maximum Gasteiger partial charge on any atom is 0.344 e. The zero-order chi connectivity index (χ0) is 11.4. The van der Waals surface area contributed by atoms with Crippen LogP contribution >= 0.6 is 0 Å². The summed E-state index contributed by atoms with van der Waals surface area (Å²) < 4.78 is 9.55. The number of likely N-dealkylation sites (N-methyl/N-ethyl adjacent to an activating group) is 1. The average molecular weight is 212 g/mol. The van der Waals surface area contributed by atoms with Crippen molar-refractivity contribution in [3.05, 3.63) is 17.0 Å². The highest BCUT2D eigenvalue weighted by molar-refractivity contribution is 5.93. The molecule has 0 saturated carbocycles. The zero-order valence-electron chi connectivity index (χ0n) is 8.79. The molecule has 1 aromatic heterocycles. The summed E-state index contributed by atoms with van der Waals surface area (Å²) in [5.74, 6) is -0.584. The molecule has 1 rings (SSSR count). The second kappa shape index (κ2) is 4.59. The summed E-state index contributed by atoms with van der Waals surface area (Å²) in [6.45, 7) is 2.93. The van der Waals surface area contributed by atoms with Crippen molar-refractivity contribution in [2.24, 2.45) is 0 Å². The molecule has 6 heteroatoms. The second-order valence-electron chi connectivity index (χ2n) is 2.95. The van der Waals surface area contributed by atoms with E-state index in [1.807, 2.05) is 0 Å². The lowest BCUT2D eigenvalue weighted by Gasteiger charge is -2.02. The normalized spacial score (nSPS) is 9.80. The molecule has 0 aromatic carbocycles. The van der Waals surface area contributed by atoms with Gasteiger partial charge in [0.2, 0.25) is 0 Å². The summed E-state index contributed by atoms with van der Waals surface area (Å²) in [5.41, 5.74) is 0.730. The summed E-state index contributed by atoms with van der Waals surface area (Å²) in [6.07, 6.45) is 0. The van der Waals surface area contributed by atoms with Crippen LogP contribution in [0.5, 0.6) is 0 Å². The van der Waals surface area contributed by atoms with Crippen LogP contribution in [0.1, 0.15) is 21.8 Å². The minimum Gasteiger partial charge on any atom is -0.452 e. The number of aromatic nitrogens is 1. The van der Waals surface area contributed by atoms with Gasteiger partial charge in [0.25, 0.3) is 5.91 Å². The van der Waals surface area contributed by atoms with Crippen LogP contribution in [0.4, 0.5) is 0 Å². The SMILES string of the molecule is CNC(=O)COC(=O)c1c(C)noc1C. The van der Waals surface area contributed by atoms with E-state index in [-0.39, 0.29) is 18.1 Å². The molecule has 15 heavy (non-hydrogen) atoms. The Kier molecular flexibility index (Phi) is 3.43. The molecule has 1 N–H and O–H groups in total. The zero-order valence-corrected chi connectivity index (χ0v) is 8.79. The first kappa shape index (κ1) is 11.2. The van der Waals surface area contributed by atoms with Crippen molar-refractivity contribution in [2.45, 2.75) is 13.8 Å². The minimum atomic E-state index is -0.602. The summed E-state index contributed by atoms with van der Waals surface area (Å²) >= 11 is 0. The van der Waals surface area contributed by atoms with Crippen molar-refractivity contribution in [3.63, 3.8) is 0 Å². The molecule has 0 aliphatic rings. The fourth-order valence-electron chi connectivity index (χ4n) is 1.05. The van der Waals surface area contributed by atoms with Gasteiger partial charge in [-0.2, -0.15) is 0 Å². The fraction of sp³-hybridized carbons (Fsp3) is 0.444. The molecule has 0 aliphatic heterocycles. The Balaban J connectivity index is 2.66. The molecule has 0 aliphatic carbocycles. The van der Waals surface area contributed by atoms with Crippen LogP contribution in [0.2, 0.25) is 0 Å². The van der Waals surface area contributed by atoms with E-state index in [9.17, 15) is 9.59 Å². The van der Waals surface area contributed by atoms with Crippen molar-refractivity contribution < 1.29 is 18.8 Å². The minimum absolute atomic E-state index is 0.277. The maximum absolute atomic E-state index is 11.5. The third kappa shape index (κ3) is 2.55. The quantitative estimate of drug-likeness (QED) is 0.723. The Bertz CT molecular complexity index is 364. The first-order valence-electron chi connectivity index (χ1n) is 4.36. The largest absolute Gasteiger partial charge is 0.452 e. The van der Waals surface area contributed by atoms with Crippen LogP contribution in [-0.2, 0) is 9.53 Å². The van der Waals surface area contributed by atoms with Crippen LogP contribution in [0, 0.1) is 13.8 Å². The fourth-order valence-corrected chi connectivity index (χ4v) is 1.05. The Morgan fingerprint density at radius 1 is 1.47 bits per heavy atom. The van der Waals surface area contributed by atoms with Gasteiger partial charge >= 0.3 is 5.97 Å². The molecule has 0 fully saturated rings. The predicted octanol–water partition coefficient (Wildman–Crippen LogP) is 0.194. The van der Waals surface area contributed by atoms with Crippen molar-refractivity contribution in [1.82, 2.24) is 10.5 Å². The Morgan fingerprint density at radius 2 is 2.13 bits per heavy atom. The highest BCUT2D eigenvalue weighted by Gasteiger charge is 2.19. The lowest BCUT2D eigenvalue weighted by atomic mass is 10.2. The number of carbonyl (C=O) groups excluding carboxylic acids is 2. The predicted molar refractivity (Wildman–Crippen MR) is 50.3 cm³/mol. The number of hydrogen-bond donors (Lipinski definition) is 1. The number of rotatable bonds is 3.